The normalized spacial score (nSPS) is 11.4. The molecular weight excluding hydrogens is 337 g/mol. The van der Waals surface area contributed by atoms with Crippen LogP contribution in [0.5, 0.6) is 0 Å². The molecule has 0 aliphatic heterocycles. The molecule has 0 saturated heterocycles. The highest BCUT2D eigenvalue weighted by Crippen LogP contribution is 2.51. The van der Waals surface area contributed by atoms with Crippen molar-refractivity contribution in [2.75, 3.05) is 0 Å². The topological polar surface area (TPSA) is 25.2 Å². The van der Waals surface area contributed by atoms with Gasteiger partial charge in [-0.2, -0.15) is 5.09 Å². The van der Waals surface area contributed by atoms with E-state index in [-0.39, 0.29) is 0 Å². The Balaban J connectivity index is 1.90. The third-order valence-corrected chi connectivity index (χ3v) is 8.35. The minimum atomic E-state index is -2.00. The van der Waals surface area contributed by atoms with Gasteiger partial charge in [-0.05, 0) is 48.5 Å². The van der Waals surface area contributed by atoms with Crippen LogP contribution in [0, 0.1) is 0 Å². The van der Waals surface area contributed by atoms with Crippen LogP contribution in [0.3, 0.4) is 0 Å². The lowest BCUT2D eigenvalue weighted by atomic mass is 10.4. The monoisotopic (exact) mass is 358 g/mol. The molecule has 26 heavy (non-hydrogen) atoms. The Labute approximate surface area is 154 Å². The molecular formula is C23H21NOP+. The zero-order valence-corrected chi connectivity index (χ0v) is 15.3. The molecule has 4 aromatic rings. The average molecular weight is 358 g/mol. The first-order valence-electron chi connectivity index (χ1n) is 8.73. The first-order chi connectivity index (χ1) is 12.9. The third-order valence-electron chi connectivity index (χ3n) is 4.50. The lowest BCUT2D eigenvalue weighted by molar-refractivity contribution is 0.506. The van der Waals surface area contributed by atoms with E-state index in [0.29, 0.717) is 6.54 Å². The Hall–Kier alpha value is -2.67. The van der Waals surface area contributed by atoms with Crippen LogP contribution in [0.4, 0.5) is 0 Å². The molecule has 3 aromatic carbocycles. The Morgan fingerprint density at radius 2 is 1.04 bits per heavy atom. The summed E-state index contributed by atoms with van der Waals surface area (Å²) in [6.45, 7) is 0.680. The summed E-state index contributed by atoms with van der Waals surface area (Å²) >= 11 is 0. The Bertz CT molecular complexity index is 825. The number of benzene rings is 3. The van der Waals surface area contributed by atoms with Gasteiger partial charge >= 0.3 is 0 Å². The summed E-state index contributed by atoms with van der Waals surface area (Å²) in [4.78, 5) is 0. The molecule has 0 atom stereocenters. The minimum Gasteiger partial charge on any atom is -0.468 e. The van der Waals surface area contributed by atoms with Crippen molar-refractivity contribution in [2.24, 2.45) is 0 Å². The van der Waals surface area contributed by atoms with Crippen molar-refractivity contribution in [1.82, 2.24) is 5.09 Å². The summed E-state index contributed by atoms with van der Waals surface area (Å²) < 4.78 is 5.59. The lowest BCUT2D eigenvalue weighted by Crippen LogP contribution is -2.40. The predicted octanol–water partition coefficient (Wildman–Crippen LogP) is 4.28. The molecule has 0 unspecified atom stereocenters. The van der Waals surface area contributed by atoms with Gasteiger partial charge in [0, 0.05) is 0 Å². The fraction of sp³-hybridized carbons (Fsp3) is 0.0435. The highest BCUT2D eigenvalue weighted by atomic mass is 31.2. The van der Waals surface area contributed by atoms with Gasteiger partial charge in [-0.1, -0.05) is 54.6 Å². The summed E-state index contributed by atoms with van der Waals surface area (Å²) in [5.41, 5.74) is 0. The highest BCUT2D eigenvalue weighted by Gasteiger charge is 2.45. The predicted molar refractivity (Wildman–Crippen MR) is 111 cm³/mol. The van der Waals surface area contributed by atoms with Crippen LogP contribution in [-0.4, -0.2) is 0 Å². The number of nitrogens with one attached hydrogen (secondary N) is 1. The van der Waals surface area contributed by atoms with Gasteiger partial charge in [0.25, 0.3) is 0 Å². The van der Waals surface area contributed by atoms with Crippen LogP contribution in [-0.2, 0) is 6.54 Å². The van der Waals surface area contributed by atoms with E-state index < -0.39 is 7.41 Å². The SMILES string of the molecule is c1ccc([P+](NCc2ccco2)(c2ccccc2)c2ccccc2)cc1. The van der Waals surface area contributed by atoms with Crippen LogP contribution in [0.25, 0.3) is 0 Å². The van der Waals surface area contributed by atoms with Gasteiger partial charge in [0.15, 0.2) is 7.41 Å². The van der Waals surface area contributed by atoms with Crippen LogP contribution >= 0.6 is 7.41 Å². The van der Waals surface area contributed by atoms with E-state index in [1.165, 1.54) is 15.9 Å². The molecule has 0 saturated carbocycles. The van der Waals surface area contributed by atoms with Crippen molar-refractivity contribution in [1.29, 1.82) is 0 Å². The van der Waals surface area contributed by atoms with Crippen molar-refractivity contribution < 1.29 is 4.42 Å². The minimum absolute atomic E-state index is 0.680. The van der Waals surface area contributed by atoms with Crippen LogP contribution in [0.1, 0.15) is 5.76 Å². The van der Waals surface area contributed by atoms with E-state index in [4.69, 9.17) is 4.42 Å². The van der Waals surface area contributed by atoms with Gasteiger partial charge in [0.1, 0.15) is 21.7 Å². The fourth-order valence-electron chi connectivity index (χ4n) is 3.29. The fourth-order valence-corrected chi connectivity index (χ4v) is 6.98. The Morgan fingerprint density at radius 3 is 1.42 bits per heavy atom. The Morgan fingerprint density at radius 1 is 0.577 bits per heavy atom. The van der Waals surface area contributed by atoms with Gasteiger partial charge in [0.2, 0.25) is 0 Å². The van der Waals surface area contributed by atoms with Gasteiger partial charge in [-0.15, -0.1) is 0 Å². The second kappa shape index (κ2) is 7.70. The van der Waals surface area contributed by atoms with E-state index in [1.54, 1.807) is 6.26 Å². The summed E-state index contributed by atoms with van der Waals surface area (Å²) in [6, 6.07) is 36.2. The van der Waals surface area contributed by atoms with Gasteiger partial charge in [-0.3, -0.25) is 0 Å². The van der Waals surface area contributed by atoms with Crippen LogP contribution in [0.2, 0.25) is 0 Å². The number of rotatable bonds is 6. The molecule has 0 aliphatic carbocycles. The van der Waals surface area contributed by atoms with Crippen LogP contribution in [0.15, 0.2) is 114 Å². The highest BCUT2D eigenvalue weighted by molar-refractivity contribution is 7.94. The van der Waals surface area contributed by atoms with E-state index in [9.17, 15) is 0 Å². The second-order valence-electron chi connectivity index (χ2n) is 6.09. The van der Waals surface area contributed by atoms with Crippen molar-refractivity contribution in [3.63, 3.8) is 0 Å². The summed E-state index contributed by atoms with van der Waals surface area (Å²) in [6.07, 6.45) is 1.73. The summed E-state index contributed by atoms with van der Waals surface area (Å²) in [7, 11) is -2.00. The molecule has 0 spiro atoms. The molecule has 1 N–H and O–H groups in total. The maximum Gasteiger partial charge on any atom is 0.178 e. The maximum atomic E-state index is 5.59. The van der Waals surface area contributed by atoms with Crippen molar-refractivity contribution in [2.45, 2.75) is 6.54 Å². The lowest BCUT2D eigenvalue weighted by Gasteiger charge is -2.27. The molecule has 0 bridgehead atoms. The Kier molecular flexibility index (Phi) is 4.97. The van der Waals surface area contributed by atoms with E-state index in [0.717, 1.165) is 5.76 Å². The molecule has 2 nitrogen and oxygen atoms in total. The first-order valence-corrected chi connectivity index (χ1v) is 10.5. The van der Waals surface area contributed by atoms with E-state index in [2.05, 4.69) is 96.1 Å². The molecule has 0 aliphatic rings. The van der Waals surface area contributed by atoms with Gasteiger partial charge in [-0.25, -0.2) is 0 Å². The first kappa shape index (κ1) is 16.8. The standard InChI is InChI=1S/C23H21NOP/c1-4-12-21(13-5-1)26(22-14-6-2-7-15-22,23-16-8-3-9-17-23)24-19-20-11-10-18-25-20/h1-18,24H,19H2/q+1. The number of furan rings is 1. The summed E-state index contributed by atoms with van der Waals surface area (Å²) in [5.74, 6) is 0.942. The molecule has 0 amide bonds. The second-order valence-corrected chi connectivity index (χ2v) is 9.30. The largest absolute Gasteiger partial charge is 0.468 e. The quantitative estimate of drug-likeness (QED) is 0.521. The zero-order valence-electron chi connectivity index (χ0n) is 14.5. The zero-order chi connectivity index (χ0) is 17.7. The molecule has 0 radical (unpaired) electrons. The molecule has 0 fully saturated rings. The molecule has 1 aromatic heterocycles. The smallest absolute Gasteiger partial charge is 0.178 e. The van der Waals surface area contributed by atoms with Crippen molar-refractivity contribution in [3.8, 4) is 0 Å². The average Bonchev–Trinajstić information content (AvgIpc) is 3.25. The number of hydrogen-bond donors (Lipinski definition) is 1. The summed E-state index contributed by atoms with van der Waals surface area (Å²) in [5, 5.41) is 7.83. The van der Waals surface area contributed by atoms with Crippen LogP contribution < -0.4 is 21.0 Å². The van der Waals surface area contributed by atoms with Crippen molar-refractivity contribution in [3.05, 3.63) is 115 Å². The number of hydrogen-bond acceptors (Lipinski definition) is 2. The third kappa shape index (κ3) is 3.22. The molecule has 128 valence electrons. The van der Waals surface area contributed by atoms with E-state index >= 15 is 0 Å². The van der Waals surface area contributed by atoms with Gasteiger partial charge < -0.3 is 4.42 Å². The van der Waals surface area contributed by atoms with Gasteiger partial charge in [0.05, 0.1) is 12.8 Å². The molecule has 4 rings (SSSR count). The molecule has 1 heterocycles. The van der Waals surface area contributed by atoms with E-state index in [1.807, 2.05) is 12.1 Å². The molecule has 3 heteroatoms. The maximum absolute atomic E-state index is 5.59. The van der Waals surface area contributed by atoms with Crippen molar-refractivity contribution >= 4 is 23.3 Å².